The molecule has 0 aliphatic heterocycles. The Labute approximate surface area is 165 Å². The molecule has 0 aliphatic rings. The van der Waals surface area contributed by atoms with Crippen LogP contribution in [0.4, 0.5) is 0 Å². The van der Waals surface area contributed by atoms with Gasteiger partial charge in [0, 0.05) is 16.1 Å². The fraction of sp³-hybridized carbons (Fsp3) is 0. The molecule has 8 heteroatoms. The van der Waals surface area contributed by atoms with Crippen LogP contribution >= 0.6 is 23.2 Å². The van der Waals surface area contributed by atoms with E-state index in [1.54, 1.807) is 18.2 Å². The first kappa shape index (κ1) is 16.9. The number of benzene rings is 2. The van der Waals surface area contributed by atoms with E-state index in [0.29, 0.717) is 15.4 Å². The maximum Gasteiger partial charge on any atom is 0.351 e. The Morgan fingerprint density at radius 1 is 0.714 bits per heavy atom. The Morgan fingerprint density at radius 3 is 2.04 bits per heavy atom. The molecule has 0 saturated carbocycles. The molecule has 138 valence electrons. The maximum atomic E-state index is 12.5. The molecule has 0 aliphatic carbocycles. The van der Waals surface area contributed by atoms with Crippen LogP contribution in [-0.4, -0.2) is 5.11 Å². The molecule has 0 amide bonds. The summed E-state index contributed by atoms with van der Waals surface area (Å²) in [4.78, 5) is 24.8. The van der Waals surface area contributed by atoms with E-state index in [1.165, 1.54) is 24.3 Å². The molecule has 3 aromatic heterocycles. The van der Waals surface area contributed by atoms with Crippen molar-refractivity contribution in [3.05, 3.63) is 73.4 Å². The fourth-order valence-corrected chi connectivity index (χ4v) is 3.51. The van der Waals surface area contributed by atoms with Gasteiger partial charge in [0.2, 0.25) is 0 Å². The molecular weight excluding hydrogens is 407 g/mol. The smallest absolute Gasteiger partial charge is 0.351 e. The van der Waals surface area contributed by atoms with Gasteiger partial charge in [-0.2, -0.15) is 0 Å². The van der Waals surface area contributed by atoms with Crippen molar-refractivity contribution in [2.24, 2.45) is 0 Å². The first-order chi connectivity index (χ1) is 13.4. The van der Waals surface area contributed by atoms with E-state index in [4.69, 9.17) is 36.5 Å². The minimum absolute atomic E-state index is 0.0390. The van der Waals surface area contributed by atoms with Crippen molar-refractivity contribution in [2.45, 2.75) is 0 Å². The SMILES string of the molecule is O=c1oc2ccc(Cl)cc2c(O)c1-c1cc2c(=O)oc3ccc(Cl)cc3c2o1. The van der Waals surface area contributed by atoms with Crippen LogP contribution in [0.1, 0.15) is 0 Å². The van der Waals surface area contributed by atoms with E-state index >= 15 is 0 Å². The van der Waals surface area contributed by atoms with Gasteiger partial charge in [0.1, 0.15) is 33.6 Å². The van der Waals surface area contributed by atoms with Crippen LogP contribution in [0.2, 0.25) is 10.0 Å². The maximum absolute atomic E-state index is 12.5. The van der Waals surface area contributed by atoms with Crippen LogP contribution < -0.4 is 11.3 Å². The monoisotopic (exact) mass is 414 g/mol. The van der Waals surface area contributed by atoms with Gasteiger partial charge in [-0.25, -0.2) is 9.59 Å². The predicted molar refractivity (Wildman–Crippen MR) is 105 cm³/mol. The van der Waals surface area contributed by atoms with E-state index < -0.39 is 11.3 Å². The second kappa shape index (κ2) is 5.89. The minimum atomic E-state index is -0.821. The Balaban J connectivity index is 1.89. The summed E-state index contributed by atoms with van der Waals surface area (Å²) in [5.41, 5.74) is -1.05. The van der Waals surface area contributed by atoms with Gasteiger partial charge in [0.05, 0.1) is 10.8 Å². The highest BCUT2D eigenvalue weighted by Crippen LogP contribution is 2.37. The van der Waals surface area contributed by atoms with Gasteiger partial charge in [-0.15, -0.1) is 0 Å². The quantitative estimate of drug-likeness (QED) is 0.372. The Hall–Kier alpha value is -3.22. The normalized spacial score (nSPS) is 11.6. The van der Waals surface area contributed by atoms with E-state index in [-0.39, 0.29) is 44.6 Å². The summed E-state index contributed by atoms with van der Waals surface area (Å²) in [6.45, 7) is 0. The lowest BCUT2D eigenvalue weighted by atomic mass is 10.1. The zero-order chi connectivity index (χ0) is 19.6. The molecule has 0 bridgehead atoms. The fourth-order valence-electron chi connectivity index (χ4n) is 3.17. The first-order valence-electron chi connectivity index (χ1n) is 8.04. The number of halogens is 2. The topological polar surface area (TPSA) is 93.8 Å². The van der Waals surface area contributed by atoms with E-state index in [9.17, 15) is 14.7 Å². The first-order valence-corrected chi connectivity index (χ1v) is 8.79. The average molecular weight is 415 g/mol. The predicted octanol–water partition coefficient (Wildman–Crippen LogP) is 5.33. The highest BCUT2D eigenvalue weighted by atomic mass is 35.5. The van der Waals surface area contributed by atoms with Crippen molar-refractivity contribution in [1.82, 2.24) is 0 Å². The van der Waals surface area contributed by atoms with Gasteiger partial charge < -0.3 is 18.4 Å². The number of hydrogen-bond donors (Lipinski definition) is 1. The second-order valence-electron chi connectivity index (χ2n) is 6.14. The standard InChI is InChI=1S/C20H8Cl2O6/c21-8-1-3-13-10(5-8)17(23)16(20(25)28-13)15-7-12-18(26-15)11-6-9(22)2-4-14(11)27-19(12)24/h1-7,23H. The molecule has 6 nitrogen and oxygen atoms in total. The summed E-state index contributed by atoms with van der Waals surface area (Å²) < 4.78 is 16.3. The van der Waals surface area contributed by atoms with Crippen molar-refractivity contribution in [3.8, 4) is 17.1 Å². The van der Waals surface area contributed by atoms with Crippen molar-refractivity contribution in [2.75, 3.05) is 0 Å². The van der Waals surface area contributed by atoms with Gasteiger partial charge in [-0.3, -0.25) is 0 Å². The molecule has 0 saturated heterocycles. The van der Waals surface area contributed by atoms with Crippen LogP contribution in [0.15, 0.2) is 65.3 Å². The van der Waals surface area contributed by atoms with Crippen molar-refractivity contribution in [1.29, 1.82) is 0 Å². The van der Waals surface area contributed by atoms with Gasteiger partial charge in [-0.1, -0.05) is 23.2 Å². The van der Waals surface area contributed by atoms with Crippen molar-refractivity contribution >= 4 is 56.1 Å². The molecule has 0 radical (unpaired) electrons. The third-order valence-corrected chi connectivity index (χ3v) is 4.90. The van der Waals surface area contributed by atoms with Crippen molar-refractivity contribution in [3.63, 3.8) is 0 Å². The van der Waals surface area contributed by atoms with E-state index in [1.807, 2.05) is 0 Å². The van der Waals surface area contributed by atoms with E-state index in [0.717, 1.165) is 0 Å². The summed E-state index contributed by atoms with van der Waals surface area (Å²) in [5, 5.41) is 12.2. The molecule has 28 heavy (non-hydrogen) atoms. The molecule has 0 atom stereocenters. The molecule has 0 fully saturated rings. The van der Waals surface area contributed by atoms with Gasteiger partial charge in [0.15, 0.2) is 5.58 Å². The summed E-state index contributed by atoms with van der Waals surface area (Å²) >= 11 is 12.0. The van der Waals surface area contributed by atoms with Crippen LogP contribution in [-0.2, 0) is 0 Å². The van der Waals surface area contributed by atoms with Gasteiger partial charge in [-0.05, 0) is 36.4 Å². The molecule has 5 aromatic rings. The number of rotatable bonds is 1. The summed E-state index contributed by atoms with van der Waals surface area (Å²) in [7, 11) is 0. The second-order valence-corrected chi connectivity index (χ2v) is 7.01. The summed E-state index contributed by atoms with van der Waals surface area (Å²) in [6, 6.07) is 10.5. The zero-order valence-corrected chi connectivity index (χ0v) is 15.3. The Kier molecular flexibility index (Phi) is 3.56. The number of fused-ring (bicyclic) bond motifs is 4. The highest BCUT2D eigenvalue weighted by Gasteiger charge is 2.22. The van der Waals surface area contributed by atoms with Gasteiger partial charge in [0.25, 0.3) is 0 Å². The van der Waals surface area contributed by atoms with Crippen LogP contribution in [0.5, 0.6) is 5.75 Å². The van der Waals surface area contributed by atoms with Crippen LogP contribution in [0.3, 0.4) is 0 Å². The molecule has 0 spiro atoms. The molecule has 5 rings (SSSR count). The Morgan fingerprint density at radius 2 is 1.32 bits per heavy atom. The molecule has 0 unspecified atom stereocenters. The third kappa shape index (κ3) is 2.42. The van der Waals surface area contributed by atoms with Crippen molar-refractivity contribution < 1.29 is 18.4 Å². The number of furan rings is 1. The number of hydrogen-bond acceptors (Lipinski definition) is 6. The van der Waals surface area contributed by atoms with Gasteiger partial charge >= 0.3 is 11.3 Å². The molecule has 1 N–H and O–H groups in total. The highest BCUT2D eigenvalue weighted by molar-refractivity contribution is 6.32. The minimum Gasteiger partial charge on any atom is -0.506 e. The van der Waals surface area contributed by atoms with E-state index in [2.05, 4.69) is 0 Å². The summed E-state index contributed by atoms with van der Waals surface area (Å²) in [6.07, 6.45) is 0. The summed E-state index contributed by atoms with van der Waals surface area (Å²) in [5.74, 6) is -0.401. The van der Waals surface area contributed by atoms with Crippen LogP contribution in [0, 0.1) is 0 Å². The zero-order valence-electron chi connectivity index (χ0n) is 13.8. The molecular formula is C20H8Cl2O6. The Bertz CT molecular complexity index is 1540. The lowest BCUT2D eigenvalue weighted by Gasteiger charge is -2.04. The largest absolute Gasteiger partial charge is 0.506 e. The molecule has 2 aromatic carbocycles. The average Bonchev–Trinajstić information content (AvgIpc) is 3.09. The lowest BCUT2D eigenvalue weighted by Crippen LogP contribution is -2.03. The lowest BCUT2D eigenvalue weighted by molar-refractivity contribution is 0.467. The molecule has 3 heterocycles. The number of aromatic hydroxyl groups is 1. The van der Waals surface area contributed by atoms with Crippen LogP contribution in [0.25, 0.3) is 44.2 Å². The third-order valence-electron chi connectivity index (χ3n) is 4.43.